The van der Waals surface area contributed by atoms with Crippen LogP contribution in [0.1, 0.15) is 26.7 Å². The van der Waals surface area contributed by atoms with Crippen LogP contribution in [0.4, 0.5) is 4.79 Å². The maximum Gasteiger partial charge on any atom is 0.326 e. The molecule has 1 aliphatic heterocycles. The average Bonchev–Trinajstić information content (AvgIpc) is 2.35. The SMILES string of the molecule is CC(C)C(NC(=O)N(C)CC1CCOCC1)C(=O)O. The number of hydrogen-bond acceptors (Lipinski definition) is 3. The minimum atomic E-state index is -0.997. The Balaban J connectivity index is 2.44. The molecule has 6 heteroatoms. The van der Waals surface area contributed by atoms with Crippen molar-refractivity contribution in [3.05, 3.63) is 0 Å². The molecule has 1 fully saturated rings. The molecular weight excluding hydrogens is 248 g/mol. The van der Waals surface area contributed by atoms with Crippen LogP contribution in [0.3, 0.4) is 0 Å². The molecule has 2 N–H and O–H groups in total. The first kappa shape index (κ1) is 15.8. The fourth-order valence-corrected chi connectivity index (χ4v) is 2.16. The average molecular weight is 272 g/mol. The second-order valence-electron chi connectivity index (χ2n) is 5.45. The van der Waals surface area contributed by atoms with Crippen molar-refractivity contribution in [1.29, 1.82) is 0 Å². The maximum atomic E-state index is 12.0. The van der Waals surface area contributed by atoms with E-state index in [1.807, 2.05) is 0 Å². The number of carboxylic acids is 1. The zero-order valence-electron chi connectivity index (χ0n) is 11.9. The molecule has 0 spiro atoms. The highest BCUT2D eigenvalue weighted by molar-refractivity contribution is 5.82. The van der Waals surface area contributed by atoms with Gasteiger partial charge >= 0.3 is 12.0 Å². The van der Waals surface area contributed by atoms with Gasteiger partial charge in [-0.1, -0.05) is 13.8 Å². The third-order valence-corrected chi connectivity index (χ3v) is 3.43. The lowest BCUT2D eigenvalue weighted by Crippen LogP contribution is -2.50. The number of hydrogen-bond donors (Lipinski definition) is 2. The van der Waals surface area contributed by atoms with E-state index in [-0.39, 0.29) is 11.9 Å². The number of carboxylic acid groups (broad SMARTS) is 1. The van der Waals surface area contributed by atoms with Crippen LogP contribution in [0.25, 0.3) is 0 Å². The largest absolute Gasteiger partial charge is 0.480 e. The number of urea groups is 1. The predicted molar refractivity (Wildman–Crippen MR) is 71.0 cm³/mol. The number of amides is 2. The lowest BCUT2D eigenvalue weighted by Gasteiger charge is -2.28. The number of nitrogens with one attached hydrogen (secondary N) is 1. The number of nitrogens with zero attached hydrogens (tertiary/aromatic N) is 1. The summed E-state index contributed by atoms with van der Waals surface area (Å²) in [5.74, 6) is -0.701. The van der Waals surface area contributed by atoms with Crippen LogP contribution in [0.5, 0.6) is 0 Å². The Bertz CT molecular complexity index is 314. The zero-order chi connectivity index (χ0) is 14.4. The Kier molecular flexibility index (Phi) is 6.08. The van der Waals surface area contributed by atoms with Gasteiger partial charge in [0.15, 0.2) is 0 Å². The Morgan fingerprint density at radius 2 is 1.95 bits per heavy atom. The first-order valence-electron chi connectivity index (χ1n) is 6.74. The summed E-state index contributed by atoms with van der Waals surface area (Å²) >= 11 is 0. The molecule has 0 aliphatic carbocycles. The molecule has 1 atom stereocenters. The lowest BCUT2D eigenvalue weighted by molar-refractivity contribution is -0.140. The number of rotatable bonds is 5. The van der Waals surface area contributed by atoms with Crippen LogP contribution in [0.15, 0.2) is 0 Å². The third kappa shape index (κ3) is 5.06. The van der Waals surface area contributed by atoms with Gasteiger partial charge in [-0.25, -0.2) is 9.59 Å². The highest BCUT2D eigenvalue weighted by Gasteiger charge is 2.26. The summed E-state index contributed by atoms with van der Waals surface area (Å²) in [6.07, 6.45) is 1.90. The van der Waals surface area contributed by atoms with E-state index in [4.69, 9.17) is 9.84 Å². The molecule has 1 heterocycles. The van der Waals surface area contributed by atoms with Crippen molar-refractivity contribution in [1.82, 2.24) is 10.2 Å². The molecule has 2 amide bonds. The number of ether oxygens (including phenoxy) is 1. The molecule has 1 unspecified atom stereocenters. The Morgan fingerprint density at radius 1 is 1.37 bits per heavy atom. The standard InChI is InChI=1S/C13H24N2O4/c1-9(2)11(12(16)17)14-13(18)15(3)8-10-4-6-19-7-5-10/h9-11H,4-8H2,1-3H3,(H,14,18)(H,16,17). The van der Waals surface area contributed by atoms with Gasteiger partial charge in [0.2, 0.25) is 0 Å². The van der Waals surface area contributed by atoms with Crippen LogP contribution in [-0.4, -0.2) is 54.9 Å². The van der Waals surface area contributed by atoms with Crippen molar-refractivity contribution < 1.29 is 19.4 Å². The van der Waals surface area contributed by atoms with Crippen molar-refractivity contribution in [2.24, 2.45) is 11.8 Å². The molecule has 6 nitrogen and oxygen atoms in total. The van der Waals surface area contributed by atoms with E-state index < -0.39 is 12.0 Å². The second kappa shape index (κ2) is 7.33. The first-order chi connectivity index (χ1) is 8.91. The van der Waals surface area contributed by atoms with Gasteiger partial charge in [-0.2, -0.15) is 0 Å². The van der Waals surface area contributed by atoms with E-state index in [2.05, 4.69) is 5.32 Å². The number of carbonyl (C=O) groups excluding carboxylic acids is 1. The van der Waals surface area contributed by atoms with E-state index in [0.717, 1.165) is 26.1 Å². The molecule has 0 aromatic heterocycles. The summed E-state index contributed by atoms with van der Waals surface area (Å²) in [5, 5.41) is 11.6. The molecule has 0 bridgehead atoms. The fraction of sp³-hybridized carbons (Fsp3) is 0.846. The molecular formula is C13H24N2O4. The maximum absolute atomic E-state index is 12.0. The summed E-state index contributed by atoms with van der Waals surface area (Å²) in [6, 6.07) is -1.17. The van der Waals surface area contributed by atoms with Gasteiger partial charge in [-0.05, 0) is 24.7 Å². The fourth-order valence-electron chi connectivity index (χ4n) is 2.16. The van der Waals surface area contributed by atoms with Crippen LogP contribution < -0.4 is 5.32 Å². The molecule has 1 rings (SSSR count). The molecule has 0 aromatic rings. The van der Waals surface area contributed by atoms with Crippen molar-refractivity contribution >= 4 is 12.0 Å². The Labute approximate surface area is 114 Å². The quantitative estimate of drug-likeness (QED) is 0.787. The van der Waals surface area contributed by atoms with Gasteiger partial charge in [0.25, 0.3) is 0 Å². The summed E-state index contributed by atoms with van der Waals surface area (Å²) in [6.45, 7) is 5.67. The Hall–Kier alpha value is -1.30. The highest BCUT2D eigenvalue weighted by Crippen LogP contribution is 2.15. The summed E-state index contributed by atoms with van der Waals surface area (Å²) in [7, 11) is 1.70. The van der Waals surface area contributed by atoms with Crippen LogP contribution in [-0.2, 0) is 9.53 Å². The van der Waals surface area contributed by atoms with Gasteiger partial charge in [0.1, 0.15) is 6.04 Å². The minimum Gasteiger partial charge on any atom is -0.480 e. The summed E-state index contributed by atoms with van der Waals surface area (Å²) in [4.78, 5) is 24.6. The van der Waals surface area contributed by atoms with Crippen molar-refractivity contribution in [3.63, 3.8) is 0 Å². The monoisotopic (exact) mass is 272 g/mol. The summed E-state index contributed by atoms with van der Waals surface area (Å²) < 4.78 is 5.27. The number of carbonyl (C=O) groups is 2. The molecule has 1 aliphatic rings. The van der Waals surface area contributed by atoms with E-state index in [0.29, 0.717) is 12.5 Å². The minimum absolute atomic E-state index is 0.141. The lowest BCUT2D eigenvalue weighted by atomic mass is 10.00. The highest BCUT2D eigenvalue weighted by atomic mass is 16.5. The molecule has 0 saturated carbocycles. The molecule has 19 heavy (non-hydrogen) atoms. The Morgan fingerprint density at radius 3 is 2.42 bits per heavy atom. The molecule has 0 aromatic carbocycles. The molecule has 1 saturated heterocycles. The van der Waals surface area contributed by atoms with E-state index in [1.165, 1.54) is 0 Å². The van der Waals surface area contributed by atoms with Gasteiger partial charge in [-0.15, -0.1) is 0 Å². The molecule has 0 radical (unpaired) electrons. The number of aliphatic carboxylic acids is 1. The van der Waals surface area contributed by atoms with Crippen LogP contribution in [0.2, 0.25) is 0 Å². The van der Waals surface area contributed by atoms with Gasteiger partial charge in [0.05, 0.1) is 0 Å². The van der Waals surface area contributed by atoms with Gasteiger partial charge in [0, 0.05) is 26.8 Å². The molecule has 110 valence electrons. The van der Waals surface area contributed by atoms with E-state index >= 15 is 0 Å². The smallest absolute Gasteiger partial charge is 0.326 e. The van der Waals surface area contributed by atoms with Gasteiger partial charge in [-0.3, -0.25) is 0 Å². The third-order valence-electron chi connectivity index (χ3n) is 3.43. The first-order valence-corrected chi connectivity index (χ1v) is 6.74. The topological polar surface area (TPSA) is 78.9 Å². The van der Waals surface area contributed by atoms with E-state index in [9.17, 15) is 9.59 Å². The summed E-state index contributed by atoms with van der Waals surface area (Å²) in [5.41, 5.74) is 0. The van der Waals surface area contributed by atoms with Gasteiger partial charge < -0.3 is 20.1 Å². The second-order valence-corrected chi connectivity index (χ2v) is 5.45. The van der Waals surface area contributed by atoms with Crippen molar-refractivity contribution in [3.8, 4) is 0 Å². The zero-order valence-corrected chi connectivity index (χ0v) is 11.9. The normalized spacial score (nSPS) is 18.1. The van der Waals surface area contributed by atoms with Crippen molar-refractivity contribution in [2.75, 3.05) is 26.8 Å². The van der Waals surface area contributed by atoms with Crippen LogP contribution in [0, 0.1) is 11.8 Å². The van der Waals surface area contributed by atoms with Crippen molar-refractivity contribution in [2.45, 2.75) is 32.7 Å². The predicted octanol–water partition coefficient (Wildman–Crippen LogP) is 1.16. The van der Waals surface area contributed by atoms with E-state index in [1.54, 1.807) is 25.8 Å². The van der Waals surface area contributed by atoms with Crippen LogP contribution >= 0.6 is 0 Å².